The van der Waals surface area contributed by atoms with Gasteiger partial charge in [0.15, 0.2) is 0 Å². The Kier molecular flexibility index (Phi) is 7.33. The van der Waals surface area contributed by atoms with Crippen molar-refractivity contribution >= 4 is 60.5 Å². The van der Waals surface area contributed by atoms with Crippen LogP contribution in [0.4, 0.5) is 17.1 Å². The van der Waals surface area contributed by atoms with Crippen molar-refractivity contribution in [2.45, 2.75) is 57.3 Å². The van der Waals surface area contributed by atoms with Crippen LogP contribution in [0.2, 0.25) is 0 Å². The van der Waals surface area contributed by atoms with Crippen molar-refractivity contribution in [3.05, 3.63) is 174 Å². The Balaban J connectivity index is 1.15. The predicted octanol–water partition coefficient (Wildman–Crippen LogP) is 15.4. The second-order valence-electron chi connectivity index (χ2n) is 16.4. The summed E-state index contributed by atoms with van der Waals surface area (Å²) in [5.74, 6) is 0.678. The largest absolute Gasteiger partial charge is 0.456 e. The van der Waals surface area contributed by atoms with Gasteiger partial charge in [-0.05, 0) is 122 Å². The number of fused-ring (bicyclic) bond motifs is 8. The molecule has 0 spiro atoms. The average Bonchev–Trinajstić information content (AvgIpc) is 3.72. The van der Waals surface area contributed by atoms with Crippen LogP contribution in [0, 0.1) is 0 Å². The highest BCUT2D eigenvalue weighted by molar-refractivity contribution is 6.10. The number of rotatable bonds is 5. The molecule has 0 radical (unpaired) electrons. The van der Waals surface area contributed by atoms with Gasteiger partial charge in [0, 0.05) is 33.1 Å². The van der Waals surface area contributed by atoms with Crippen molar-refractivity contribution in [1.82, 2.24) is 0 Å². The summed E-state index contributed by atoms with van der Waals surface area (Å²) in [5.41, 5.74) is 14.4. The molecule has 266 valence electrons. The van der Waals surface area contributed by atoms with Gasteiger partial charge in [0.25, 0.3) is 0 Å². The van der Waals surface area contributed by atoms with Gasteiger partial charge < -0.3 is 9.32 Å². The Hall–Kier alpha value is -6.12. The van der Waals surface area contributed by atoms with Gasteiger partial charge in [0.1, 0.15) is 11.2 Å². The lowest BCUT2D eigenvalue weighted by molar-refractivity contribution is 0.444. The first kappa shape index (κ1) is 32.3. The van der Waals surface area contributed by atoms with Crippen LogP contribution in [-0.4, -0.2) is 0 Å². The summed E-state index contributed by atoms with van der Waals surface area (Å²) in [4.78, 5) is 2.49. The van der Waals surface area contributed by atoms with E-state index in [1.165, 1.54) is 87.0 Å². The van der Waals surface area contributed by atoms with Crippen LogP contribution >= 0.6 is 0 Å². The van der Waals surface area contributed by atoms with Gasteiger partial charge in [-0.3, -0.25) is 0 Å². The van der Waals surface area contributed by atoms with E-state index in [1.807, 2.05) is 6.07 Å². The monoisotopic (exact) mass is 709 g/mol. The Morgan fingerprint density at radius 2 is 1.20 bits per heavy atom. The molecule has 55 heavy (non-hydrogen) atoms. The lowest BCUT2D eigenvalue weighted by Crippen LogP contribution is -2.15. The van der Waals surface area contributed by atoms with E-state index in [4.69, 9.17) is 4.42 Å². The molecule has 0 bridgehead atoms. The molecule has 0 saturated heterocycles. The maximum absolute atomic E-state index is 6.49. The van der Waals surface area contributed by atoms with Gasteiger partial charge in [-0.1, -0.05) is 142 Å². The van der Waals surface area contributed by atoms with Crippen LogP contribution in [0.5, 0.6) is 0 Å². The minimum atomic E-state index is -0.0651. The number of anilines is 3. The van der Waals surface area contributed by atoms with Crippen LogP contribution < -0.4 is 4.90 Å². The number of hydrogen-bond donors (Lipinski definition) is 0. The lowest BCUT2D eigenvalue weighted by atomic mass is 9.82. The fourth-order valence-corrected chi connectivity index (χ4v) is 9.99. The molecular weight excluding hydrogens is 667 g/mol. The minimum Gasteiger partial charge on any atom is -0.456 e. The molecule has 0 unspecified atom stereocenters. The molecule has 0 N–H and O–H groups in total. The Morgan fingerprint density at radius 1 is 0.509 bits per heavy atom. The topological polar surface area (TPSA) is 16.4 Å². The van der Waals surface area contributed by atoms with Crippen molar-refractivity contribution < 1.29 is 4.42 Å². The normalized spacial score (nSPS) is 15.2. The maximum atomic E-state index is 6.49. The van der Waals surface area contributed by atoms with Crippen LogP contribution in [0.25, 0.3) is 65.7 Å². The third kappa shape index (κ3) is 5.15. The van der Waals surface area contributed by atoms with Gasteiger partial charge >= 0.3 is 0 Å². The molecular formula is C53H43NO. The Morgan fingerprint density at radius 3 is 2.11 bits per heavy atom. The highest BCUT2D eigenvalue weighted by atomic mass is 16.3. The molecule has 0 atom stereocenters. The summed E-state index contributed by atoms with van der Waals surface area (Å²) >= 11 is 0. The van der Waals surface area contributed by atoms with Crippen molar-refractivity contribution in [2.75, 3.05) is 4.90 Å². The third-order valence-corrected chi connectivity index (χ3v) is 12.8. The molecule has 2 nitrogen and oxygen atoms in total. The second-order valence-corrected chi connectivity index (χ2v) is 16.4. The molecule has 8 aromatic carbocycles. The third-order valence-electron chi connectivity index (χ3n) is 12.8. The van der Waals surface area contributed by atoms with Crippen molar-refractivity contribution in [3.8, 4) is 22.3 Å². The first-order chi connectivity index (χ1) is 27.0. The first-order valence-corrected chi connectivity index (χ1v) is 20.0. The molecule has 0 aliphatic heterocycles. The molecule has 9 aromatic rings. The van der Waals surface area contributed by atoms with Gasteiger partial charge in [0.2, 0.25) is 0 Å². The molecule has 2 aliphatic carbocycles. The molecule has 1 saturated carbocycles. The highest BCUT2D eigenvalue weighted by Gasteiger charge is 2.35. The summed E-state index contributed by atoms with van der Waals surface area (Å²) in [5, 5.41) is 7.29. The fraction of sp³-hybridized carbons (Fsp3) is 0.170. The number of furan rings is 1. The molecule has 1 heterocycles. The molecule has 2 aliphatic rings. The highest BCUT2D eigenvalue weighted by Crippen LogP contribution is 2.52. The zero-order valence-electron chi connectivity index (χ0n) is 31.5. The fourth-order valence-electron chi connectivity index (χ4n) is 9.99. The Bertz CT molecular complexity index is 2960. The van der Waals surface area contributed by atoms with Crippen molar-refractivity contribution in [3.63, 3.8) is 0 Å². The van der Waals surface area contributed by atoms with Crippen LogP contribution in [-0.2, 0) is 5.41 Å². The summed E-state index contributed by atoms with van der Waals surface area (Å²) in [7, 11) is 0. The van der Waals surface area contributed by atoms with E-state index >= 15 is 0 Å². The van der Waals surface area contributed by atoms with Gasteiger partial charge in [-0.25, -0.2) is 0 Å². The molecule has 2 heteroatoms. The number of para-hydroxylation sites is 1. The van der Waals surface area contributed by atoms with Gasteiger partial charge in [-0.15, -0.1) is 0 Å². The minimum absolute atomic E-state index is 0.0651. The van der Waals surface area contributed by atoms with E-state index in [0.29, 0.717) is 5.92 Å². The van der Waals surface area contributed by atoms with E-state index in [-0.39, 0.29) is 5.41 Å². The standard InChI is InChI=1S/C53H43NO/c1-53(2)47-18-10-8-16-43(47)46-33-41(26-28-48(46)53)54(40-25-22-37-30-36(20-21-38(37)31-40)34-12-4-3-5-13-34)49-29-24-35-14-6-7-15-42(35)52(49)39-23-27-45-44-17-9-11-19-50(44)55-51(45)32-39/h6-11,14-34H,3-5,12-13H2,1-2H3. The van der Waals surface area contributed by atoms with Crippen molar-refractivity contribution in [2.24, 2.45) is 0 Å². The van der Waals surface area contributed by atoms with E-state index in [9.17, 15) is 0 Å². The average molecular weight is 710 g/mol. The van der Waals surface area contributed by atoms with E-state index in [0.717, 1.165) is 44.6 Å². The summed E-state index contributed by atoms with van der Waals surface area (Å²) in [6.07, 6.45) is 6.67. The van der Waals surface area contributed by atoms with E-state index in [1.54, 1.807) is 0 Å². The second kappa shape index (κ2) is 12.5. The van der Waals surface area contributed by atoms with Crippen LogP contribution in [0.1, 0.15) is 68.6 Å². The quantitative estimate of drug-likeness (QED) is 0.177. The predicted molar refractivity (Wildman–Crippen MR) is 232 cm³/mol. The number of benzene rings is 8. The smallest absolute Gasteiger partial charge is 0.136 e. The number of nitrogens with zero attached hydrogens (tertiary/aromatic N) is 1. The SMILES string of the molecule is CC1(C)c2ccccc2-c2cc(N(c3ccc4cc(C5CCCCC5)ccc4c3)c3ccc4ccccc4c3-c3ccc4c(c3)oc3ccccc34)ccc21. The molecule has 1 fully saturated rings. The number of hydrogen-bond acceptors (Lipinski definition) is 2. The lowest BCUT2D eigenvalue weighted by Gasteiger charge is -2.30. The van der Waals surface area contributed by atoms with Gasteiger partial charge in [-0.2, -0.15) is 0 Å². The van der Waals surface area contributed by atoms with Crippen LogP contribution in [0.3, 0.4) is 0 Å². The molecule has 0 amide bonds. The Labute approximate surface area is 322 Å². The molecule has 11 rings (SSSR count). The van der Waals surface area contributed by atoms with Crippen LogP contribution in [0.15, 0.2) is 162 Å². The summed E-state index contributed by atoms with van der Waals surface area (Å²) in [6, 6.07) is 58.9. The van der Waals surface area contributed by atoms with Crippen molar-refractivity contribution in [1.29, 1.82) is 0 Å². The van der Waals surface area contributed by atoms with E-state index in [2.05, 4.69) is 170 Å². The first-order valence-electron chi connectivity index (χ1n) is 20.0. The van der Waals surface area contributed by atoms with Gasteiger partial charge in [0.05, 0.1) is 5.69 Å². The molecule has 1 aromatic heterocycles. The maximum Gasteiger partial charge on any atom is 0.136 e. The summed E-state index contributed by atoms with van der Waals surface area (Å²) < 4.78 is 6.49. The van der Waals surface area contributed by atoms with E-state index < -0.39 is 0 Å². The summed E-state index contributed by atoms with van der Waals surface area (Å²) in [6.45, 7) is 4.71. The zero-order valence-corrected chi connectivity index (χ0v) is 31.5. The zero-order chi connectivity index (χ0) is 36.7.